The largest absolute Gasteiger partial charge is 0.337 e. The number of sulfone groups is 1. The highest BCUT2D eigenvalue weighted by Crippen LogP contribution is 2.40. The fourth-order valence-corrected chi connectivity index (χ4v) is 6.46. The van der Waals surface area contributed by atoms with Crippen LogP contribution >= 0.6 is 0 Å². The molecule has 0 radical (unpaired) electrons. The third-order valence-corrected chi connectivity index (χ3v) is 8.63. The van der Waals surface area contributed by atoms with Gasteiger partial charge in [-0.05, 0) is 61.8 Å². The highest BCUT2D eigenvalue weighted by atomic mass is 32.2. The smallest absolute Gasteiger partial charge is 0.224 e. The van der Waals surface area contributed by atoms with Crippen molar-refractivity contribution in [2.45, 2.75) is 61.5 Å². The predicted molar refractivity (Wildman–Crippen MR) is 117 cm³/mol. The van der Waals surface area contributed by atoms with Crippen LogP contribution in [0.25, 0.3) is 0 Å². The van der Waals surface area contributed by atoms with Gasteiger partial charge in [0.05, 0.1) is 10.6 Å². The molecule has 2 aliphatic rings. The van der Waals surface area contributed by atoms with Crippen molar-refractivity contribution in [1.82, 2.24) is 4.90 Å². The second-order valence-corrected chi connectivity index (χ2v) is 11.1. The molecule has 33 heavy (non-hydrogen) atoms. The van der Waals surface area contributed by atoms with Gasteiger partial charge in [-0.2, -0.15) is 0 Å². The van der Waals surface area contributed by atoms with Crippen molar-refractivity contribution in [2.75, 3.05) is 5.75 Å². The van der Waals surface area contributed by atoms with Crippen LogP contribution in [0.1, 0.15) is 37.7 Å². The minimum atomic E-state index is -3.54. The molecule has 2 N–H and O–H groups in total. The Morgan fingerprint density at radius 2 is 1.61 bits per heavy atom. The number of benzene rings is 2. The molecular weight excluding hydrogens is 453 g/mol. The molecule has 0 aliphatic carbocycles. The van der Waals surface area contributed by atoms with E-state index in [9.17, 15) is 26.4 Å². The molecule has 2 aliphatic heterocycles. The molecule has 0 aromatic heterocycles. The van der Waals surface area contributed by atoms with E-state index in [-0.39, 0.29) is 53.0 Å². The van der Waals surface area contributed by atoms with E-state index in [1.165, 1.54) is 12.1 Å². The van der Waals surface area contributed by atoms with Crippen LogP contribution in [0, 0.1) is 23.4 Å². The number of nitrogens with zero attached hydrogens (tertiary/aromatic N) is 1. The number of nitrogens with two attached hydrogens (primary N) is 1. The Labute approximate surface area is 191 Å². The number of halogens is 3. The van der Waals surface area contributed by atoms with Crippen molar-refractivity contribution in [3.05, 3.63) is 65.5 Å². The Bertz CT molecular complexity index is 1110. The molecule has 0 saturated carbocycles. The average Bonchev–Trinajstić information content (AvgIpc) is 3.05. The molecule has 9 heteroatoms. The lowest BCUT2D eigenvalue weighted by atomic mass is 9.82. The van der Waals surface area contributed by atoms with Gasteiger partial charge >= 0.3 is 0 Å². The Balaban J connectivity index is 1.37. The zero-order valence-corrected chi connectivity index (χ0v) is 18.9. The third kappa shape index (κ3) is 5.09. The summed E-state index contributed by atoms with van der Waals surface area (Å²) in [5, 5.41) is 0. The van der Waals surface area contributed by atoms with E-state index in [1.807, 2.05) is 4.90 Å². The van der Waals surface area contributed by atoms with Gasteiger partial charge in [0.15, 0.2) is 21.5 Å². The molecule has 2 unspecified atom stereocenters. The van der Waals surface area contributed by atoms with Gasteiger partial charge in [0.2, 0.25) is 5.91 Å². The molecule has 2 heterocycles. The van der Waals surface area contributed by atoms with Crippen LogP contribution in [-0.4, -0.2) is 43.1 Å². The zero-order chi connectivity index (χ0) is 23.8. The van der Waals surface area contributed by atoms with E-state index < -0.39 is 33.3 Å². The standard InChI is InChI=1S/C24H27F3N2O3S/c25-20-14-22(27)21(26)12-15(20)13-23(28)16-10-17-6-7-18(11-16)29(17)24(30)8-9-33(31,32)19-4-2-1-3-5-19/h1-5,12,14,16-18,23H,6-11,13,28H2/t16?,17?,18?,23-/m1/s1. The second kappa shape index (κ2) is 9.46. The highest BCUT2D eigenvalue weighted by molar-refractivity contribution is 7.91. The van der Waals surface area contributed by atoms with Gasteiger partial charge < -0.3 is 10.6 Å². The molecule has 2 saturated heterocycles. The van der Waals surface area contributed by atoms with Crippen LogP contribution in [0.15, 0.2) is 47.4 Å². The average molecular weight is 481 g/mol. The van der Waals surface area contributed by atoms with Gasteiger partial charge in [-0.15, -0.1) is 0 Å². The number of rotatable bonds is 7. The first-order valence-corrected chi connectivity index (χ1v) is 12.8. The molecule has 1 amide bonds. The number of hydrogen-bond acceptors (Lipinski definition) is 4. The first kappa shape index (κ1) is 23.8. The van der Waals surface area contributed by atoms with Crippen molar-refractivity contribution in [1.29, 1.82) is 0 Å². The second-order valence-electron chi connectivity index (χ2n) is 9.03. The number of amides is 1. The van der Waals surface area contributed by atoms with Crippen LogP contribution in [0.4, 0.5) is 13.2 Å². The van der Waals surface area contributed by atoms with E-state index in [0.29, 0.717) is 18.9 Å². The fourth-order valence-electron chi connectivity index (χ4n) is 5.21. The maximum absolute atomic E-state index is 14.0. The molecule has 2 fully saturated rings. The molecule has 5 nitrogen and oxygen atoms in total. The molecule has 2 bridgehead atoms. The van der Waals surface area contributed by atoms with E-state index >= 15 is 0 Å². The van der Waals surface area contributed by atoms with Crippen molar-refractivity contribution in [2.24, 2.45) is 11.7 Å². The lowest BCUT2D eigenvalue weighted by molar-refractivity contribution is -0.136. The van der Waals surface area contributed by atoms with Gasteiger partial charge in [-0.1, -0.05) is 18.2 Å². The minimum absolute atomic E-state index is 0.00659. The topological polar surface area (TPSA) is 80.5 Å². The molecule has 2 aromatic carbocycles. The summed E-state index contributed by atoms with van der Waals surface area (Å²) in [6.07, 6.45) is 2.87. The lowest BCUT2D eigenvalue weighted by Gasteiger charge is -2.41. The molecule has 178 valence electrons. The first-order chi connectivity index (χ1) is 15.7. The van der Waals surface area contributed by atoms with E-state index in [4.69, 9.17) is 5.73 Å². The highest BCUT2D eigenvalue weighted by Gasteiger charge is 2.44. The van der Waals surface area contributed by atoms with Crippen molar-refractivity contribution < 1.29 is 26.4 Å². The lowest BCUT2D eigenvalue weighted by Crippen LogP contribution is -2.50. The molecular formula is C24H27F3N2O3S. The van der Waals surface area contributed by atoms with E-state index in [0.717, 1.165) is 18.9 Å². The quantitative estimate of drug-likeness (QED) is 0.614. The van der Waals surface area contributed by atoms with Crippen molar-refractivity contribution in [3.8, 4) is 0 Å². The molecule has 2 aromatic rings. The minimum Gasteiger partial charge on any atom is -0.337 e. The van der Waals surface area contributed by atoms with Gasteiger partial charge in [-0.25, -0.2) is 21.6 Å². The van der Waals surface area contributed by atoms with Crippen molar-refractivity contribution >= 4 is 15.7 Å². The zero-order valence-electron chi connectivity index (χ0n) is 18.1. The van der Waals surface area contributed by atoms with E-state index in [2.05, 4.69) is 0 Å². The summed E-state index contributed by atoms with van der Waals surface area (Å²) in [5.74, 6) is -3.58. The van der Waals surface area contributed by atoms with E-state index in [1.54, 1.807) is 18.2 Å². The SMILES string of the molecule is N[C@H](Cc1cc(F)c(F)cc1F)C1CC2CCC(C1)N2C(=O)CCS(=O)(=O)c1ccccc1. The van der Waals surface area contributed by atoms with Gasteiger partial charge in [0.1, 0.15) is 5.82 Å². The molecule has 3 atom stereocenters. The fraction of sp³-hybridized carbons (Fsp3) is 0.458. The molecule has 4 rings (SSSR count). The third-order valence-electron chi connectivity index (χ3n) is 6.89. The number of carbonyl (C=O) groups excluding carboxylic acids is 1. The van der Waals surface area contributed by atoms with Crippen LogP contribution in [0.3, 0.4) is 0 Å². The summed E-state index contributed by atoms with van der Waals surface area (Å²) in [6.45, 7) is 0. The van der Waals surface area contributed by atoms with Gasteiger partial charge in [-0.3, -0.25) is 4.79 Å². The summed E-state index contributed by atoms with van der Waals surface area (Å²) in [4.78, 5) is 14.9. The number of fused-ring (bicyclic) bond motifs is 2. The van der Waals surface area contributed by atoms with Gasteiger partial charge in [0.25, 0.3) is 0 Å². The summed E-state index contributed by atoms with van der Waals surface area (Å²) < 4.78 is 65.8. The Morgan fingerprint density at radius 1 is 1.00 bits per heavy atom. The Morgan fingerprint density at radius 3 is 2.24 bits per heavy atom. The number of piperidine rings is 1. The van der Waals surface area contributed by atoms with Gasteiger partial charge in [0, 0.05) is 30.6 Å². The Hall–Kier alpha value is -2.39. The first-order valence-electron chi connectivity index (χ1n) is 11.1. The summed E-state index contributed by atoms with van der Waals surface area (Å²) in [7, 11) is -3.54. The summed E-state index contributed by atoms with van der Waals surface area (Å²) >= 11 is 0. The van der Waals surface area contributed by atoms with Crippen molar-refractivity contribution in [3.63, 3.8) is 0 Å². The van der Waals surface area contributed by atoms with Crippen LogP contribution in [-0.2, 0) is 21.1 Å². The monoisotopic (exact) mass is 480 g/mol. The number of hydrogen-bond donors (Lipinski definition) is 1. The number of carbonyl (C=O) groups is 1. The Kier molecular flexibility index (Phi) is 6.81. The summed E-state index contributed by atoms with van der Waals surface area (Å²) in [5.41, 5.74) is 6.37. The summed E-state index contributed by atoms with van der Waals surface area (Å²) in [6, 6.07) is 8.92. The normalized spacial score (nSPS) is 23.5. The molecule has 0 spiro atoms. The van der Waals surface area contributed by atoms with Crippen LogP contribution < -0.4 is 5.73 Å². The van der Waals surface area contributed by atoms with Crippen LogP contribution in [0.2, 0.25) is 0 Å². The maximum Gasteiger partial charge on any atom is 0.224 e. The van der Waals surface area contributed by atoms with Crippen LogP contribution in [0.5, 0.6) is 0 Å². The predicted octanol–water partition coefficient (Wildman–Crippen LogP) is 3.61. The maximum atomic E-state index is 14.0.